The lowest BCUT2D eigenvalue weighted by Crippen LogP contribution is -2.17. The number of anilines is 1. The van der Waals surface area contributed by atoms with Gasteiger partial charge >= 0.3 is 0 Å². The molecule has 0 radical (unpaired) electrons. The van der Waals surface area contributed by atoms with E-state index in [4.69, 9.17) is 11.0 Å². The molecule has 4 nitrogen and oxygen atoms in total. The minimum atomic E-state index is -0.390. The maximum Gasteiger partial charge on any atom is 0.0719 e. The molecule has 64 valence electrons. The molecule has 0 fully saturated rings. The molecule has 1 aromatic rings. The Morgan fingerprint density at radius 2 is 2.42 bits per heavy atom. The van der Waals surface area contributed by atoms with Crippen molar-refractivity contribution in [2.45, 2.75) is 20.4 Å². The normalized spacial score (nSPS) is 11.1. The lowest BCUT2D eigenvalue weighted by molar-refractivity contribution is 0.385. The number of aromatic nitrogens is 2. The zero-order valence-electron chi connectivity index (χ0n) is 7.28. The van der Waals surface area contributed by atoms with Crippen LogP contribution in [0.25, 0.3) is 0 Å². The van der Waals surface area contributed by atoms with Gasteiger partial charge in [0.2, 0.25) is 0 Å². The quantitative estimate of drug-likeness (QED) is 0.709. The highest BCUT2D eigenvalue weighted by atomic mass is 15.3. The van der Waals surface area contributed by atoms with Crippen LogP contribution >= 0.6 is 0 Å². The highest BCUT2D eigenvalue weighted by molar-refractivity contribution is 5.30. The standard InChI is InChI=1S/C8H12N4/c1-8(2,5-9)6-12-4-7(10)3-11-12/h3-4H,6,10H2,1-2H3. The second kappa shape index (κ2) is 2.86. The molecule has 0 spiro atoms. The Hall–Kier alpha value is -1.50. The van der Waals surface area contributed by atoms with Gasteiger partial charge in [0.15, 0.2) is 0 Å². The SMILES string of the molecule is CC(C)(C#N)Cn1cc(N)cn1. The Kier molecular flexibility index (Phi) is 2.05. The average molecular weight is 164 g/mol. The van der Waals surface area contributed by atoms with E-state index in [1.807, 2.05) is 13.8 Å². The third-order valence-electron chi connectivity index (χ3n) is 1.51. The van der Waals surface area contributed by atoms with Crippen LogP contribution in [0.5, 0.6) is 0 Å². The average Bonchev–Trinajstić information content (AvgIpc) is 2.35. The number of hydrogen-bond donors (Lipinski definition) is 1. The van der Waals surface area contributed by atoms with Gasteiger partial charge in [-0.25, -0.2) is 0 Å². The molecule has 1 rings (SSSR count). The van der Waals surface area contributed by atoms with Crippen LogP contribution < -0.4 is 5.73 Å². The van der Waals surface area contributed by atoms with E-state index in [0.29, 0.717) is 12.2 Å². The van der Waals surface area contributed by atoms with Crippen molar-refractivity contribution in [3.63, 3.8) is 0 Å². The van der Waals surface area contributed by atoms with Gasteiger partial charge in [0.1, 0.15) is 0 Å². The monoisotopic (exact) mass is 164 g/mol. The molecule has 1 heterocycles. The van der Waals surface area contributed by atoms with E-state index in [0.717, 1.165) is 0 Å². The number of nitrogens with two attached hydrogens (primary N) is 1. The largest absolute Gasteiger partial charge is 0.396 e. The summed E-state index contributed by atoms with van der Waals surface area (Å²) in [6, 6.07) is 2.20. The summed E-state index contributed by atoms with van der Waals surface area (Å²) in [5.41, 5.74) is 5.71. The molecular formula is C8H12N4. The summed E-state index contributed by atoms with van der Waals surface area (Å²) in [6.07, 6.45) is 3.30. The summed E-state index contributed by atoms with van der Waals surface area (Å²) >= 11 is 0. The van der Waals surface area contributed by atoms with Crippen molar-refractivity contribution in [3.8, 4) is 6.07 Å². The van der Waals surface area contributed by atoms with Crippen LogP contribution in [0.1, 0.15) is 13.8 Å². The Balaban J connectivity index is 2.72. The maximum absolute atomic E-state index is 8.74. The highest BCUT2D eigenvalue weighted by Crippen LogP contribution is 2.16. The van der Waals surface area contributed by atoms with Crippen molar-refractivity contribution < 1.29 is 0 Å². The third-order valence-corrected chi connectivity index (χ3v) is 1.51. The van der Waals surface area contributed by atoms with Gasteiger partial charge in [0.05, 0.1) is 29.9 Å². The Bertz CT molecular complexity index is 305. The Labute approximate surface area is 71.6 Å². The molecule has 0 bridgehead atoms. The van der Waals surface area contributed by atoms with Gasteiger partial charge in [-0.1, -0.05) is 0 Å². The van der Waals surface area contributed by atoms with E-state index < -0.39 is 5.41 Å². The second-order valence-corrected chi connectivity index (χ2v) is 3.47. The Morgan fingerprint density at radius 1 is 1.75 bits per heavy atom. The smallest absolute Gasteiger partial charge is 0.0719 e. The van der Waals surface area contributed by atoms with Crippen LogP contribution in [-0.4, -0.2) is 9.78 Å². The van der Waals surface area contributed by atoms with Crippen LogP contribution in [0.3, 0.4) is 0 Å². The molecule has 0 unspecified atom stereocenters. The molecular weight excluding hydrogens is 152 g/mol. The van der Waals surface area contributed by atoms with Gasteiger partial charge in [-0.2, -0.15) is 10.4 Å². The molecule has 2 N–H and O–H groups in total. The molecule has 0 saturated heterocycles. The first-order valence-corrected chi connectivity index (χ1v) is 3.73. The van der Waals surface area contributed by atoms with Crippen molar-refractivity contribution in [3.05, 3.63) is 12.4 Å². The molecule has 0 aliphatic carbocycles. The van der Waals surface area contributed by atoms with E-state index in [9.17, 15) is 0 Å². The first-order valence-electron chi connectivity index (χ1n) is 3.73. The number of nitrogen functional groups attached to an aromatic ring is 1. The van der Waals surface area contributed by atoms with Gasteiger partial charge in [-0.05, 0) is 13.8 Å². The van der Waals surface area contributed by atoms with Crippen LogP contribution in [0.4, 0.5) is 5.69 Å². The summed E-state index contributed by atoms with van der Waals surface area (Å²) in [4.78, 5) is 0. The van der Waals surface area contributed by atoms with Gasteiger partial charge in [-0.15, -0.1) is 0 Å². The second-order valence-electron chi connectivity index (χ2n) is 3.47. The van der Waals surface area contributed by atoms with E-state index in [1.165, 1.54) is 0 Å². The van der Waals surface area contributed by atoms with Crippen LogP contribution in [0, 0.1) is 16.7 Å². The van der Waals surface area contributed by atoms with Crippen molar-refractivity contribution in [1.29, 1.82) is 5.26 Å². The van der Waals surface area contributed by atoms with Gasteiger partial charge in [-0.3, -0.25) is 4.68 Å². The van der Waals surface area contributed by atoms with Crippen molar-refractivity contribution in [1.82, 2.24) is 9.78 Å². The van der Waals surface area contributed by atoms with Gasteiger partial charge in [0, 0.05) is 6.20 Å². The molecule has 0 aromatic carbocycles. The number of nitrogens with zero attached hydrogens (tertiary/aromatic N) is 3. The highest BCUT2D eigenvalue weighted by Gasteiger charge is 2.17. The van der Waals surface area contributed by atoms with Crippen molar-refractivity contribution in [2.75, 3.05) is 5.73 Å². The first kappa shape index (κ1) is 8.60. The molecule has 0 amide bonds. The van der Waals surface area contributed by atoms with E-state index in [2.05, 4.69) is 11.2 Å². The molecule has 0 aliphatic rings. The first-order chi connectivity index (χ1) is 5.53. The third kappa shape index (κ3) is 1.99. The van der Waals surface area contributed by atoms with Crippen molar-refractivity contribution >= 4 is 5.69 Å². The van der Waals surface area contributed by atoms with Crippen LogP contribution in [0.2, 0.25) is 0 Å². The lowest BCUT2D eigenvalue weighted by atomic mass is 9.96. The van der Waals surface area contributed by atoms with Crippen molar-refractivity contribution in [2.24, 2.45) is 5.41 Å². The molecule has 0 atom stereocenters. The number of rotatable bonds is 2. The lowest BCUT2D eigenvalue weighted by Gasteiger charge is -2.14. The topological polar surface area (TPSA) is 67.6 Å². The van der Waals surface area contributed by atoms with Gasteiger partial charge < -0.3 is 5.73 Å². The molecule has 12 heavy (non-hydrogen) atoms. The number of nitriles is 1. The summed E-state index contributed by atoms with van der Waals surface area (Å²) in [5, 5.41) is 12.7. The van der Waals surface area contributed by atoms with E-state index in [1.54, 1.807) is 17.1 Å². The fraction of sp³-hybridized carbons (Fsp3) is 0.500. The zero-order chi connectivity index (χ0) is 9.19. The minimum absolute atomic E-state index is 0.390. The maximum atomic E-state index is 8.74. The molecule has 4 heteroatoms. The fourth-order valence-corrected chi connectivity index (χ4v) is 0.906. The molecule has 1 aromatic heterocycles. The zero-order valence-corrected chi connectivity index (χ0v) is 7.28. The molecule has 0 aliphatic heterocycles. The number of hydrogen-bond acceptors (Lipinski definition) is 3. The predicted molar refractivity (Wildman–Crippen MR) is 46.0 cm³/mol. The van der Waals surface area contributed by atoms with Crippen LogP contribution in [-0.2, 0) is 6.54 Å². The summed E-state index contributed by atoms with van der Waals surface area (Å²) in [5.74, 6) is 0. The Morgan fingerprint density at radius 3 is 2.83 bits per heavy atom. The summed E-state index contributed by atoms with van der Waals surface area (Å²) in [7, 11) is 0. The summed E-state index contributed by atoms with van der Waals surface area (Å²) in [6.45, 7) is 4.30. The summed E-state index contributed by atoms with van der Waals surface area (Å²) < 4.78 is 1.68. The predicted octanol–water partition coefficient (Wildman–Crippen LogP) is 1.02. The van der Waals surface area contributed by atoms with E-state index in [-0.39, 0.29) is 0 Å². The van der Waals surface area contributed by atoms with Gasteiger partial charge in [0.25, 0.3) is 0 Å². The minimum Gasteiger partial charge on any atom is -0.396 e. The fourth-order valence-electron chi connectivity index (χ4n) is 0.906. The van der Waals surface area contributed by atoms with Crippen LogP contribution in [0.15, 0.2) is 12.4 Å². The van der Waals surface area contributed by atoms with E-state index >= 15 is 0 Å². The molecule has 0 saturated carbocycles.